The summed E-state index contributed by atoms with van der Waals surface area (Å²) < 4.78 is 0. The second-order valence-electron chi connectivity index (χ2n) is 19.2. The molecule has 4 aliphatic carbocycles. The van der Waals surface area contributed by atoms with Crippen LogP contribution in [0.1, 0.15) is 87.3 Å². The number of aromatic amines is 1. The molecule has 67 heavy (non-hydrogen) atoms. The number of likely N-dealkylation sites (N-methyl/N-ethyl adjacent to an activating group) is 1. The Balaban J connectivity index is 1.10. The number of carboxylic acid groups (broad SMARTS) is 1. The first kappa shape index (κ1) is 48.2. The van der Waals surface area contributed by atoms with Crippen molar-refractivity contribution in [1.82, 2.24) is 31.2 Å². The summed E-state index contributed by atoms with van der Waals surface area (Å²) in [5.74, 6) is -2.87. The summed E-state index contributed by atoms with van der Waals surface area (Å²) in [6, 6.07) is 18.2. The molecule has 0 unspecified atom stereocenters. The highest BCUT2D eigenvalue weighted by molar-refractivity contribution is 5.97. The number of carbonyl (C=O) groups is 7. The highest BCUT2D eigenvalue weighted by Crippen LogP contribution is 2.61. The van der Waals surface area contributed by atoms with Gasteiger partial charge in [-0.05, 0) is 117 Å². The van der Waals surface area contributed by atoms with Crippen molar-refractivity contribution in [3.05, 3.63) is 102 Å². The van der Waals surface area contributed by atoms with E-state index in [1.165, 1.54) is 26.3 Å². The number of primary amides is 1. The summed E-state index contributed by atoms with van der Waals surface area (Å²) >= 11 is 0. The molecule has 4 aromatic rings. The van der Waals surface area contributed by atoms with Crippen molar-refractivity contribution in [3.63, 3.8) is 0 Å². The van der Waals surface area contributed by atoms with Gasteiger partial charge in [0.25, 0.3) is 0 Å². The van der Waals surface area contributed by atoms with Crippen molar-refractivity contribution in [3.8, 4) is 0 Å². The molecule has 3 aromatic carbocycles. The summed E-state index contributed by atoms with van der Waals surface area (Å²) in [6.45, 7) is 2.11. The Bertz CT molecular complexity index is 2400. The molecule has 0 saturated heterocycles. The molecule has 9 N–H and O–H groups in total. The number of carbonyl (C=O) groups excluding carboxylic acids is 6. The molecule has 0 aliphatic heterocycles. The van der Waals surface area contributed by atoms with E-state index in [1.54, 1.807) is 42.6 Å². The normalized spacial score (nSPS) is 21.0. The van der Waals surface area contributed by atoms with Crippen molar-refractivity contribution < 1.29 is 38.7 Å². The van der Waals surface area contributed by atoms with Gasteiger partial charge in [0.2, 0.25) is 29.5 Å². The number of anilines is 1. The van der Waals surface area contributed by atoms with Crippen LogP contribution < -0.4 is 32.3 Å². The minimum absolute atomic E-state index is 0.0292. The van der Waals surface area contributed by atoms with Crippen LogP contribution in [0.4, 0.5) is 10.5 Å². The van der Waals surface area contributed by atoms with Crippen LogP contribution in [0.15, 0.2) is 85.1 Å². The van der Waals surface area contributed by atoms with E-state index in [0.717, 1.165) is 46.2 Å². The van der Waals surface area contributed by atoms with E-state index < -0.39 is 66.2 Å². The monoisotopic (exact) mass is 916 g/mol. The van der Waals surface area contributed by atoms with Gasteiger partial charge in [0, 0.05) is 55.6 Å². The van der Waals surface area contributed by atoms with Gasteiger partial charge >= 0.3 is 12.0 Å². The number of rotatable bonds is 22. The van der Waals surface area contributed by atoms with Crippen LogP contribution in [0.5, 0.6) is 0 Å². The van der Waals surface area contributed by atoms with Crippen LogP contribution in [-0.4, -0.2) is 94.3 Å². The fourth-order valence-corrected chi connectivity index (χ4v) is 11.2. The summed E-state index contributed by atoms with van der Waals surface area (Å²) in [7, 11) is 1.28. The van der Waals surface area contributed by atoms with Gasteiger partial charge in [-0.15, -0.1) is 0 Å². The number of amides is 7. The molecular formula is C51H64N8O8. The number of unbranched alkanes of at least 4 members (excludes halogenated alkanes) is 1. The first-order chi connectivity index (χ1) is 32.1. The minimum atomic E-state index is -1.60. The average molecular weight is 917 g/mol. The lowest BCUT2D eigenvalue weighted by molar-refractivity contribution is -0.147. The topological polar surface area (TPSA) is 245 Å². The van der Waals surface area contributed by atoms with Gasteiger partial charge in [0.1, 0.15) is 24.2 Å². The van der Waals surface area contributed by atoms with E-state index in [1.807, 2.05) is 49.4 Å². The number of hydrogen-bond acceptors (Lipinski definition) is 7. The molecule has 7 amide bonds. The lowest BCUT2D eigenvalue weighted by Crippen LogP contribution is -2.59. The maximum absolute atomic E-state index is 14.7. The van der Waals surface area contributed by atoms with Crippen LogP contribution >= 0.6 is 0 Å². The molecule has 4 saturated carbocycles. The predicted molar refractivity (Wildman–Crippen MR) is 253 cm³/mol. The van der Waals surface area contributed by atoms with E-state index in [9.17, 15) is 38.7 Å². The third kappa shape index (κ3) is 12.6. The highest BCUT2D eigenvalue weighted by Gasteiger charge is 2.51. The van der Waals surface area contributed by atoms with Crippen LogP contribution in [0.2, 0.25) is 0 Å². The molecule has 1 heterocycles. The van der Waals surface area contributed by atoms with Gasteiger partial charge in [-0.1, -0.05) is 66.7 Å². The maximum Gasteiger partial charge on any atom is 0.319 e. The zero-order valence-corrected chi connectivity index (χ0v) is 38.4. The number of nitrogens with zero attached hydrogens (tertiary/aromatic N) is 1. The van der Waals surface area contributed by atoms with Crippen LogP contribution in [0, 0.1) is 30.1 Å². The highest BCUT2D eigenvalue weighted by atomic mass is 16.4. The standard InChI is InChI=1S/C51H64N8O8/c1-31-12-6-8-16-38(31)58-50(67)53-19-11-10-18-40(49(66)59(2)43(25-45(61)62)48(65)57-41(46(52)63)23-32-13-4-3-5-14-32)56-47(64)42(24-36-30-54-39-17-9-7-15-37(36)39)55-44(60)29-51-26-33-20-34(27-51)22-35(21-33)28-51/h3-9,12-17,30,33-35,40-43,54H,10-11,18-29H2,1-2H3,(H2,52,63)(H,55,60)(H,56,64)(H,57,65)(H,61,62)(H2,53,58,67)/t33?,34?,35?,40-,41-,42-,43-,51?/m0/s1. The van der Waals surface area contributed by atoms with Gasteiger partial charge in [-0.25, -0.2) is 4.79 Å². The fraction of sp³-hybridized carbons (Fsp3) is 0.471. The predicted octanol–water partition coefficient (Wildman–Crippen LogP) is 5.10. The number of nitrogens with one attached hydrogen (secondary N) is 6. The smallest absolute Gasteiger partial charge is 0.319 e. The first-order valence-corrected chi connectivity index (χ1v) is 23.5. The minimum Gasteiger partial charge on any atom is -0.481 e. The second kappa shape index (κ2) is 21.7. The second-order valence-corrected chi connectivity index (χ2v) is 19.2. The van der Waals surface area contributed by atoms with Gasteiger partial charge in [-0.2, -0.15) is 0 Å². The Morgan fingerprint density at radius 1 is 0.776 bits per heavy atom. The van der Waals surface area contributed by atoms with E-state index in [0.29, 0.717) is 48.3 Å². The third-order valence-electron chi connectivity index (χ3n) is 14.1. The zero-order valence-electron chi connectivity index (χ0n) is 38.4. The SMILES string of the molecule is Cc1ccccc1NC(=O)NCCCC[C@H](NC(=O)[C@H](Cc1c[nH]c2ccccc12)NC(=O)CC12CC3CC(CC(C3)C1)C2)C(=O)N(C)[C@@H](CC(=O)O)C(=O)N[C@@H](Cc1ccccc1)C(N)=O. The molecule has 356 valence electrons. The Morgan fingerprint density at radius 2 is 1.42 bits per heavy atom. The van der Waals surface area contributed by atoms with Crippen molar-refractivity contribution in [2.75, 3.05) is 18.9 Å². The van der Waals surface area contributed by atoms with Crippen molar-refractivity contribution >= 4 is 58.1 Å². The number of aromatic nitrogens is 1. The summed E-state index contributed by atoms with van der Waals surface area (Å²) in [5, 5.41) is 25.0. The third-order valence-corrected chi connectivity index (χ3v) is 14.1. The molecule has 4 atom stereocenters. The van der Waals surface area contributed by atoms with E-state index >= 15 is 0 Å². The lowest BCUT2D eigenvalue weighted by atomic mass is 9.49. The van der Waals surface area contributed by atoms with Gasteiger partial charge < -0.3 is 47.3 Å². The Kier molecular flexibility index (Phi) is 15.6. The van der Waals surface area contributed by atoms with Gasteiger partial charge in [-0.3, -0.25) is 28.8 Å². The summed E-state index contributed by atoms with van der Waals surface area (Å²) in [4.78, 5) is 99.2. The first-order valence-electron chi connectivity index (χ1n) is 23.5. The number of aryl methyl sites for hydroxylation is 1. The van der Waals surface area contributed by atoms with Gasteiger partial charge in [0.05, 0.1) is 6.42 Å². The Hall–Kier alpha value is -6.71. The van der Waals surface area contributed by atoms with E-state index in [2.05, 4.69) is 31.6 Å². The molecular weight excluding hydrogens is 853 g/mol. The van der Waals surface area contributed by atoms with Crippen LogP contribution in [0.3, 0.4) is 0 Å². The largest absolute Gasteiger partial charge is 0.481 e. The molecule has 16 heteroatoms. The molecule has 16 nitrogen and oxygen atoms in total. The molecule has 8 rings (SSSR count). The summed E-state index contributed by atoms with van der Waals surface area (Å²) in [6.07, 6.45) is 8.89. The number of para-hydroxylation sites is 2. The van der Waals surface area contributed by atoms with E-state index in [4.69, 9.17) is 5.73 Å². The van der Waals surface area contributed by atoms with Crippen molar-refractivity contribution in [2.45, 2.75) is 115 Å². The molecule has 0 spiro atoms. The van der Waals surface area contributed by atoms with Crippen LogP contribution in [0.25, 0.3) is 10.9 Å². The lowest BCUT2D eigenvalue weighted by Gasteiger charge is -2.56. The fourth-order valence-electron chi connectivity index (χ4n) is 11.2. The Labute approximate surface area is 391 Å². The maximum atomic E-state index is 14.7. The van der Waals surface area contributed by atoms with Crippen molar-refractivity contribution in [2.24, 2.45) is 28.9 Å². The quantitative estimate of drug-likeness (QED) is 0.0492. The number of H-pyrrole nitrogens is 1. The number of nitrogens with two attached hydrogens (primary N) is 1. The number of aliphatic carboxylic acids is 1. The Morgan fingerprint density at radius 3 is 2.09 bits per heavy atom. The number of hydrogen-bond donors (Lipinski definition) is 8. The zero-order chi connectivity index (χ0) is 47.7. The molecule has 4 bridgehead atoms. The molecule has 4 aliphatic rings. The van der Waals surface area contributed by atoms with E-state index in [-0.39, 0.29) is 37.1 Å². The molecule has 4 fully saturated rings. The molecule has 1 aromatic heterocycles. The number of benzene rings is 3. The molecule has 0 radical (unpaired) electrons. The average Bonchev–Trinajstić information content (AvgIpc) is 3.69. The van der Waals surface area contributed by atoms with Crippen molar-refractivity contribution in [1.29, 1.82) is 0 Å². The number of urea groups is 1. The number of carboxylic acids is 1. The van der Waals surface area contributed by atoms with Crippen LogP contribution in [-0.2, 0) is 41.6 Å². The van der Waals surface area contributed by atoms with Gasteiger partial charge in [0.15, 0.2) is 0 Å². The summed E-state index contributed by atoms with van der Waals surface area (Å²) in [5.41, 5.74) is 9.48. The number of fused-ring (bicyclic) bond motifs is 1.